The van der Waals surface area contributed by atoms with Crippen LogP contribution in [0.5, 0.6) is 0 Å². The molecule has 20 heavy (non-hydrogen) atoms. The molecule has 1 fully saturated rings. The molecule has 1 aliphatic carbocycles. The minimum Gasteiger partial charge on any atom is -0.332 e. The fourth-order valence-corrected chi connectivity index (χ4v) is 2.92. The van der Waals surface area contributed by atoms with Crippen LogP contribution in [0.3, 0.4) is 0 Å². The lowest BCUT2D eigenvalue weighted by Crippen LogP contribution is -2.41. The van der Waals surface area contributed by atoms with Gasteiger partial charge in [0.25, 0.3) is 5.89 Å². The number of nitrogens with two attached hydrogens (primary N) is 1. The molecule has 0 spiro atoms. The third kappa shape index (κ3) is 2.24. The Bertz CT molecular complexity index is 580. The molecule has 2 N–H and O–H groups in total. The predicted octanol–water partition coefficient (Wildman–Crippen LogP) is 2.22. The summed E-state index contributed by atoms with van der Waals surface area (Å²) in [7, 11) is 1.90. The molecule has 0 saturated heterocycles. The quantitative estimate of drug-likeness (QED) is 0.928. The maximum atomic E-state index is 6.49. The second kappa shape index (κ2) is 5.01. The van der Waals surface area contributed by atoms with Crippen LogP contribution >= 0.6 is 0 Å². The monoisotopic (exact) mass is 275 g/mol. The van der Waals surface area contributed by atoms with Gasteiger partial charge < -0.3 is 14.8 Å². The van der Waals surface area contributed by atoms with Gasteiger partial charge in [0.15, 0.2) is 5.82 Å². The minimum absolute atomic E-state index is 0.438. The summed E-state index contributed by atoms with van der Waals surface area (Å²) in [4.78, 5) is 8.56. The van der Waals surface area contributed by atoms with Gasteiger partial charge in [-0.3, -0.25) is 0 Å². The fraction of sp³-hybridized carbons (Fsp3) is 0.643. The summed E-state index contributed by atoms with van der Waals surface area (Å²) >= 11 is 0. The molecule has 6 heteroatoms. The predicted molar refractivity (Wildman–Crippen MR) is 74.6 cm³/mol. The Morgan fingerprint density at radius 1 is 1.45 bits per heavy atom. The van der Waals surface area contributed by atoms with Gasteiger partial charge in [-0.05, 0) is 31.6 Å². The summed E-state index contributed by atoms with van der Waals surface area (Å²) in [5.74, 6) is 1.90. The molecule has 2 heterocycles. The van der Waals surface area contributed by atoms with Gasteiger partial charge in [-0.15, -0.1) is 0 Å². The largest absolute Gasteiger partial charge is 0.332 e. The molecule has 1 aliphatic rings. The van der Waals surface area contributed by atoms with Crippen molar-refractivity contribution in [1.82, 2.24) is 19.7 Å². The van der Waals surface area contributed by atoms with E-state index in [1.807, 2.05) is 11.6 Å². The number of rotatable bonds is 3. The standard InChI is InChI=1S/C14H21N5O/c1-3-10-4-6-14(15,7-5-10)13-17-12(20-18-13)11-8-16-9-19(11)2/h8-10H,3-7,15H2,1-2H3. The van der Waals surface area contributed by atoms with Crippen LogP contribution in [0.25, 0.3) is 11.6 Å². The zero-order valence-electron chi connectivity index (χ0n) is 12.0. The molecule has 108 valence electrons. The molecule has 0 aliphatic heterocycles. The normalized spacial score (nSPS) is 26.9. The maximum Gasteiger partial charge on any atom is 0.276 e. The third-order valence-electron chi connectivity index (χ3n) is 4.48. The molecule has 1 saturated carbocycles. The van der Waals surface area contributed by atoms with E-state index in [4.69, 9.17) is 10.3 Å². The van der Waals surface area contributed by atoms with Crippen molar-refractivity contribution in [2.75, 3.05) is 0 Å². The highest BCUT2D eigenvalue weighted by molar-refractivity contribution is 5.45. The highest BCUT2D eigenvalue weighted by Crippen LogP contribution is 2.37. The summed E-state index contributed by atoms with van der Waals surface area (Å²) < 4.78 is 7.22. The number of hydrogen-bond donors (Lipinski definition) is 1. The lowest BCUT2D eigenvalue weighted by Gasteiger charge is -2.34. The van der Waals surface area contributed by atoms with Crippen LogP contribution in [-0.4, -0.2) is 19.7 Å². The lowest BCUT2D eigenvalue weighted by atomic mass is 9.76. The topological polar surface area (TPSA) is 82.8 Å². The van der Waals surface area contributed by atoms with Gasteiger partial charge in [0, 0.05) is 7.05 Å². The summed E-state index contributed by atoms with van der Waals surface area (Å²) in [6, 6.07) is 0. The Labute approximate surface area is 118 Å². The number of nitrogens with zero attached hydrogens (tertiary/aromatic N) is 4. The fourth-order valence-electron chi connectivity index (χ4n) is 2.92. The SMILES string of the molecule is CCC1CCC(N)(c2noc(-c3cncn3C)n2)CC1. The summed E-state index contributed by atoms with van der Waals surface area (Å²) in [6.07, 6.45) is 8.79. The Morgan fingerprint density at radius 3 is 2.80 bits per heavy atom. The first-order valence-electron chi connectivity index (χ1n) is 7.22. The van der Waals surface area contributed by atoms with Gasteiger partial charge in [0.2, 0.25) is 0 Å². The molecule has 0 bridgehead atoms. The van der Waals surface area contributed by atoms with E-state index >= 15 is 0 Å². The van der Waals surface area contributed by atoms with Crippen molar-refractivity contribution in [3.63, 3.8) is 0 Å². The van der Waals surface area contributed by atoms with Crippen LogP contribution in [0.15, 0.2) is 17.0 Å². The number of aryl methyl sites for hydroxylation is 1. The van der Waals surface area contributed by atoms with E-state index in [1.165, 1.54) is 6.42 Å². The van der Waals surface area contributed by atoms with E-state index in [0.29, 0.717) is 11.7 Å². The molecule has 2 aromatic heterocycles. The summed E-state index contributed by atoms with van der Waals surface area (Å²) in [5, 5.41) is 4.11. The smallest absolute Gasteiger partial charge is 0.276 e. The van der Waals surface area contributed by atoms with Gasteiger partial charge in [0.1, 0.15) is 5.69 Å². The molecular weight excluding hydrogens is 254 g/mol. The highest BCUT2D eigenvalue weighted by atomic mass is 16.5. The zero-order chi connectivity index (χ0) is 14.2. The van der Waals surface area contributed by atoms with Crippen molar-refractivity contribution in [3.8, 4) is 11.6 Å². The van der Waals surface area contributed by atoms with Crippen LogP contribution < -0.4 is 5.73 Å². The molecular formula is C14H21N5O. The first kappa shape index (κ1) is 13.3. The number of aromatic nitrogens is 4. The second-order valence-corrected chi connectivity index (χ2v) is 5.82. The van der Waals surface area contributed by atoms with Crippen molar-refractivity contribution in [2.45, 2.75) is 44.6 Å². The van der Waals surface area contributed by atoms with E-state index in [1.54, 1.807) is 12.5 Å². The van der Waals surface area contributed by atoms with Crippen molar-refractivity contribution in [1.29, 1.82) is 0 Å². The first-order valence-corrected chi connectivity index (χ1v) is 7.22. The van der Waals surface area contributed by atoms with Crippen molar-refractivity contribution < 1.29 is 4.52 Å². The van der Waals surface area contributed by atoms with Crippen molar-refractivity contribution in [3.05, 3.63) is 18.3 Å². The first-order chi connectivity index (χ1) is 9.62. The van der Waals surface area contributed by atoms with Crippen LogP contribution in [0.1, 0.15) is 44.9 Å². The van der Waals surface area contributed by atoms with Gasteiger partial charge in [-0.1, -0.05) is 18.5 Å². The Kier molecular flexibility index (Phi) is 3.33. The molecule has 0 atom stereocenters. The molecule has 0 unspecified atom stereocenters. The van der Waals surface area contributed by atoms with E-state index in [0.717, 1.165) is 37.3 Å². The maximum absolute atomic E-state index is 6.49. The van der Waals surface area contributed by atoms with E-state index < -0.39 is 5.54 Å². The highest BCUT2D eigenvalue weighted by Gasteiger charge is 2.37. The minimum atomic E-state index is -0.438. The third-order valence-corrected chi connectivity index (χ3v) is 4.48. The van der Waals surface area contributed by atoms with Crippen LogP contribution in [0.4, 0.5) is 0 Å². The van der Waals surface area contributed by atoms with Crippen LogP contribution in [-0.2, 0) is 12.6 Å². The van der Waals surface area contributed by atoms with Gasteiger partial charge in [-0.25, -0.2) is 4.98 Å². The number of hydrogen-bond acceptors (Lipinski definition) is 5. The summed E-state index contributed by atoms with van der Waals surface area (Å²) in [6.45, 7) is 2.24. The van der Waals surface area contributed by atoms with Gasteiger partial charge in [0.05, 0.1) is 18.1 Å². The molecule has 2 aromatic rings. The second-order valence-electron chi connectivity index (χ2n) is 5.82. The average molecular weight is 275 g/mol. The molecule has 0 radical (unpaired) electrons. The molecule has 0 aromatic carbocycles. The van der Waals surface area contributed by atoms with E-state index in [-0.39, 0.29) is 0 Å². The van der Waals surface area contributed by atoms with Gasteiger partial charge >= 0.3 is 0 Å². The molecule has 0 amide bonds. The number of imidazole rings is 1. The van der Waals surface area contributed by atoms with Crippen molar-refractivity contribution >= 4 is 0 Å². The summed E-state index contributed by atoms with van der Waals surface area (Å²) in [5.41, 5.74) is 6.87. The molecule has 3 rings (SSSR count). The zero-order valence-corrected chi connectivity index (χ0v) is 12.0. The van der Waals surface area contributed by atoms with E-state index in [2.05, 4.69) is 22.0 Å². The Hall–Kier alpha value is -1.69. The van der Waals surface area contributed by atoms with Gasteiger partial charge in [-0.2, -0.15) is 4.98 Å². The van der Waals surface area contributed by atoms with Crippen LogP contribution in [0.2, 0.25) is 0 Å². The Balaban J connectivity index is 1.82. The van der Waals surface area contributed by atoms with Crippen molar-refractivity contribution in [2.24, 2.45) is 18.7 Å². The van der Waals surface area contributed by atoms with E-state index in [9.17, 15) is 0 Å². The molecule has 6 nitrogen and oxygen atoms in total. The Morgan fingerprint density at radius 2 is 2.20 bits per heavy atom. The van der Waals surface area contributed by atoms with Crippen LogP contribution in [0, 0.1) is 5.92 Å². The average Bonchev–Trinajstić information content (AvgIpc) is 3.08. The lowest BCUT2D eigenvalue weighted by molar-refractivity contribution is 0.216.